The molecule has 1 N–H and O–H groups in total. The van der Waals surface area contributed by atoms with E-state index in [0.717, 1.165) is 13.0 Å². The van der Waals surface area contributed by atoms with E-state index < -0.39 is 0 Å². The zero-order chi connectivity index (χ0) is 12.2. The van der Waals surface area contributed by atoms with Crippen molar-refractivity contribution in [2.75, 3.05) is 0 Å². The van der Waals surface area contributed by atoms with Crippen LogP contribution in [-0.4, -0.2) is 26.8 Å². The van der Waals surface area contributed by atoms with Crippen molar-refractivity contribution in [3.8, 4) is 0 Å². The van der Waals surface area contributed by atoms with Crippen molar-refractivity contribution in [2.24, 2.45) is 5.41 Å². The van der Waals surface area contributed by atoms with Gasteiger partial charge in [-0.2, -0.15) is 5.10 Å². The topological polar surface area (TPSA) is 42.7 Å². The highest BCUT2D eigenvalue weighted by atomic mass is 15.3. The summed E-state index contributed by atoms with van der Waals surface area (Å²) in [5, 5.41) is 7.71. The Morgan fingerprint density at radius 3 is 2.50 bits per heavy atom. The first-order chi connectivity index (χ1) is 7.39. The molecule has 0 aromatic carbocycles. The van der Waals surface area contributed by atoms with Gasteiger partial charge in [0.15, 0.2) is 0 Å². The van der Waals surface area contributed by atoms with Crippen LogP contribution >= 0.6 is 0 Å². The lowest BCUT2D eigenvalue weighted by Crippen LogP contribution is -2.43. The number of aromatic nitrogens is 3. The van der Waals surface area contributed by atoms with Crippen LogP contribution in [0, 0.1) is 5.41 Å². The van der Waals surface area contributed by atoms with Crippen molar-refractivity contribution in [2.45, 2.75) is 59.7 Å². The summed E-state index contributed by atoms with van der Waals surface area (Å²) in [6.07, 6.45) is 4.42. The van der Waals surface area contributed by atoms with Crippen LogP contribution in [0.25, 0.3) is 0 Å². The zero-order valence-corrected chi connectivity index (χ0v) is 11.1. The molecule has 1 aromatic rings. The molecular formula is C12H24N4. The molecule has 0 saturated heterocycles. The Morgan fingerprint density at radius 1 is 1.31 bits per heavy atom. The second-order valence-corrected chi connectivity index (χ2v) is 5.60. The van der Waals surface area contributed by atoms with E-state index in [9.17, 15) is 0 Å². The maximum atomic E-state index is 4.09. The maximum Gasteiger partial charge on any atom is 0.137 e. The highest BCUT2D eigenvalue weighted by Gasteiger charge is 2.20. The Balaban J connectivity index is 2.28. The van der Waals surface area contributed by atoms with Crippen molar-refractivity contribution in [1.29, 1.82) is 0 Å². The predicted octanol–water partition coefficient (Wildman–Crippen LogP) is 2.08. The second-order valence-electron chi connectivity index (χ2n) is 5.60. The molecule has 1 rings (SSSR count). The highest BCUT2D eigenvalue weighted by Crippen LogP contribution is 2.19. The van der Waals surface area contributed by atoms with E-state index in [-0.39, 0.29) is 0 Å². The van der Waals surface area contributed by atoms with E-state index in [1.54, 1.807) is 12.7 Å². The fraction of sp³-hybridized carbons (Fsp3) is 0.833. The molecule has 4 nitrogen and oxygen atoms in total. The summed E-state index contributed by atoms with van der Waals surface area (Å²) in [5.41, 5.74) is 0.307. The third-order valence-corrected chi connectivity index (χ3v) is 3.09. The minimum atomic E-state index is 0.307. The van der Waals surface area contributed by atoms with E-state index in [2.05, 4.69) is 50.0 Å². The van der Waals surface area contributed by atoms with Crippen LogP contribution in [0.2, 0.25) is 0 Å². The number of hydrogen-bond acceptors (Lipinski definition) is 3. The summed E-state index contributed by atoms with van der Waals surface area (Å²) < 4.78 is 1.87. The number of aryl methyl sites for hydroxylation is 1. The van der Waals surface area contributed by atoms with Gasteiger partial charge >= 0.3 is 0 Å². The molecule has 0 amide bonds. The van der Waals surface area contributed by atoms with Gasteiger partial charge in [-0.15, -0.1) is 0 Å². The van der Waals surface area contributed by atoms with Crippen LogP contribution in [0.5, 0.6) is 0 Å². The average Bonchev–Trinajstić information content (AvgIpc) is 2.65. The van der Waals surface area contributed by atoms with Gasteiger partial charge in [0.25, 0.3) is 0 Å². The third kappa shape index (κ3) is 4.31. The van der Waals surface area contributed by atoms with Gasteiger partial charge in [0.1, 0.15) is 12.7 Å². The van der Waals surface area contributed by atoms with E-state index in [0.29, 0.717) is 17.5 Å². The van der Waals surface area contributed by atoms with Gasteiger partial charge in [0, 0.05) is 18.6 Å². The van der Waals surface area contributed by atoms with E-state index in [4.69, 9.17) is 0 Å². The first-order valence-corrected chi connectivity index (χ1v) is 5.98. The van der Waals surface area contributed by atoms with Crippen LogP contribution in [0.4, 0.5) is 0 Å². The van der Waals surface area contributed by atoms with Crippen molar-refractivity contribution in [3.63, 3.8) is 0 Å². The summed E-state index contributed by atoms with van der Waals surface area (Å²) in [5.74, 6) is 0. The quantitative estimate of drug-likeness (QED) is 0.832. The Kier molecular flexibility index (Phi) is 4.47. The summed E-state index contributed by atoms with van der Waals surface area (Å²) in [7, 11) is 0. The van der Waals surface area contributed by atoms with Crippen LogP contribution in [-0.2, 0) is 6.54 Å². The Bertz CT molecular complexity index is 286. The van der Waals surface area contributed by atoms with Gasteiger partial charge in [-0.1, -0.05) is 20.8 Å². The lowest BCUT2D eigenvalue weighted by atomic mass is 9.87. The fourth-order valence-corrected chi connectivity index (χ4v) is 1.43. The van der Waals surface area contributed by atoms with Crippen molar-refractivity contribution >= 4 is 0 Å². The molecule has 1 heterocycles. The molecule has 0 aliphatic carbocycles. The predicted molar refractivity (Wildman–Crippen MR) is 66.2 cm³/mol. The Labute approximate surface area is 98.5 Å². The van der Waals surface area contributed by atoms with Crippen molar-refractivity contribution in [1.82, 2.24) is 20.1 Å². The van der Waals surface area contributed by atoms with Crippen molar-refractivity contribution < 1.29 is 0 Å². The summed E-state index contributed by atoms with van der Waals surface area (Å²) in [6.45, 7) is 12.2. The van der Waals surface area contributed by atoms with Crippen LogP contribution < -0.4 is 5.32 Å². The standard InChI is InChI=1S/C12H24N4/c1-10(15-11(2)12(3,4)5)6-7-16-9-13-8-14-16/h8-11,15H,6-7H2,1-5H3. The molecule has 0 spiro atoms. The number of nitrogens with one attached hydrogen (secondary N) is 1. The molecule has 0 aliphatic rings. The monoisotopic (exact) mass is 224 g/mol. The van der Waals surface area contributed by atoms with Crippen LogP contribution in [0.1, 0.15) is 41.0 Å². The normalized spacial score (nSPS) is 16.1. The molecule has 0 fully saturated rings. The Hall–Kier alpha value is -0.900. The minimum Gasteiger partial charge on any atom is -0.311 e. The lowest BCUT2D eigenvalue weighted by molar-refractivity contribution is 0.259. The zero-order valence-electron chi connectivity index (χ0n) is 11.1. The van der Waals surface area contributed by atoms with Gasteiger partial charge in [0.05, 0.1) is 0 Å². The average molecular weight is 224 g/mol. The minimum absolute atomic E-state index is 0.307. The fourth-order valence-electron chi connectivity index (χ4n) is 1.43. The second kappa shape index (κ2) is 5.43. The van der Waals surface area contributed by atoms with Gasteiger partial charge in [-0.25, -0.2) is 4.98 Å². The molecule has 16 heavy (non-hydrogen) atoms. The number of nitrogens with zero attached hydrogens (tertiary/aromatic N) is 3. The van der Waals surface area contributed by atoms with Gasteiger partial charge in [-0.3, -0.25) is 4.68 Å². The molecule has 0 radical (unpaired) electrons. The van der Waals surface area contributed by atoms with E-state index in [1.807, 2.05) is 4.68 Å². The van der Waals surface area contributed by atoms with E-state index >= 15 is 0 Å². The molecular weight excluding hydrogens is 200 g/mol. The lowest BCUT2D eigenvalue weighted by Gasteiger charge is -2.31. The molecule has 4 heteroatoms. The third-order valence-electron chi connectivity index (χ3n) is 3.09. The smallest absolute Gasteiger partial charge is 0.137 e. The molecule has 2 unspecified atom stereocenters. The molecule has 1 aromatic heterocycles. The number of hydrogen-bond donors (Lipinski definition) is 1. The van der Waals surface area contributed by atoms with Crippen LogP contribution in [0.15, 0.2) is 12.7 Å². The molecule has 2 atom stereocenters. The molecule has 92 valence electrons. The van der Waals surface area contributed by atoms with E-state index in [1.165, 1.54) is 0 Å². The number of rotatable bonds is 5. The first-order valence-electron chi connectivity index (χ1n) is 5.98. The highest BCUT2D eigenvalue weighted by molar-refractivity contribution is 4.78. The first kappa shape index (κ1) is 13.2. The van der Waals surface area contributed by atoms with Gasteiger partial charge in [0.2, 0.25) is 0 Å². The van der Waals surface area contributed by atoms with Gasteiger partial charge < -0.3 is 5.32 Å². The molecule has 0 bridgehead atoms. The summed E-state index contributed by atoms with van der Waals surface area (Å²) in [4.78, 5) is 3.93. The van der Waals surface area contributed by atoms with Crippen LogP contribution in [0.3, 0.4) is 0 Å². The Morgan fingerprint density at radius 2 is 2.00 bits per heavy atom. The summed E-state index contributed by atoms with van der Waals surface area (Å²) in [6, 6.07) is 1.01. The largest absolute Gasteiger partial charge is 0.311 e. The SMILES string of the molecule is CC(CCn1cncn1)NC(C)C(C)(C)C. The maximum absolute atomic E-state index is 4.09. The molecule has 0 aliphatic heterocycles. The molecule has 0 saturated carbocycles. The summed E-state index contributed by atoms with van der Waals surface area (Å²) >= 11 is 0. The van der Waals surface area contributed by atoms with Crippen molar-refractivity contribution in [3.05, 3.63) is 12.7 Å². The van der Waals surface area contributed by atoms with Gasteiger partial charge in [-0.05, 0) is 25.7 Å².